The summed E-state index contributed by atoms with van der Waals surface area (Å²) >= 11 is 0. The highest BCUT2D eigenvalue weighted by Gasteiger charge is 2.31. The molecule has 34 heavy (non-hydrogen) atoms. The normalized spacial score (nSPS) is 16.2. The van der Waals surface area contributed by atoms with E-state index in [2.05, 4.69) is 21.0 Å². The molecule has 0 saturated carbocycles. The molecule has 0 saturated heterocycles. The topological polar surface area (TPSA) is 83.6 Å². The Balaban J connectivity index is 1.58. The highest BCUT2D eigenvalue weighted by molar-refractivity contribution is 5.97. The third kappa shape index (κ3) is 3.74. The molecule has 1 amide bonds. The molecule has 1 aliphatic rings. The van der Waals surface area contributed by atoms with Gasteiger partial charge in [-0.2, -0.15) is 0 Å². The van der Waals surface area contributed by atoms with Crippen molar-refractivity contribution < 1.29 is 14.3 Å². The highest BCUT2D eigenvalue weighted by Crippen LogP contribution is 2.33. The minimum Gasteiger partial charge on any atom is -0.382 e. The Morgan fingerprint density at radius 3 is 2.62 bits per heavy atom. The predicted molar refractivity (Wildman–Crippen MR) is 127 cm³/mol. The Morgan fingerprint density at radius 2 is 1.91 bits per heavy atom. The van der Waals surface area contributed by atoms with Gasteiger partial charge in [-0.25, -0.2) is 19.3 Å². The van der Waals surface area contributed by atoms with E-state index in [0.29, 0.717) is 29.7 Å². The average Bonchev–Trinajstić information content (AvgIpc) is 3.09. The first-order valence-corrected chi connectivity index (χ1v) is 11.2. The fourth-order valence-corrected chi connectivity index (χ4v) is 4.48. The maximum atomic E-state index is 15.0. The van der Waals surface area contributed by atoms with Crippen molar-refractivity contribution in [2.45, 2.75) is 46.3 Å². The summed E-state index contributed by atoms with van der Waals surface area (Å²) in [7, 11) is 0. The third-order valence-corrected chi connectivity index (χ3v) is 6.32. The highest BCUT2D eigenvalue weighted by atomic mass is 19.1. The van der Waals surface area contributed by atoms with Gasteiger partial charge in [0.1, 0.15) is 17.1 Å². The molecule has 4 heterocycles. The van der Waals surface area contributed by atoms with Gasteiger partial charge in [0, 0.05) is 47.4 Å². The fraction of sp³-hybridized carbons (Fsp3) is 0.308. The summed E-state index contributed by atoms with van der Waals surface area (Å²) in [5, 5.41) is 10.1. The molecule has 1 atom stereocenters. The minimum atomic E-state index is -1.19. The van der Waals surface area contributed by atoms with Crippen molar-refractivity contribution in [2.75, 3.05) is 4.90 Å². The van der Waals surface area contributed by atoms with E-state index in [0.717, 1.165) is 22.6 Å². The summed E-state index contributed by atoms with van der Waals surface area (Å²) < 4.78 is 16.9. The Kier molecular flexibility index (Phi) is 5.20. The van der Waals surface area contributed by atoms with Gasteiger partial charge in [-0.3, -0.25) is 4.79 Å². The first-order valence-electron chi connectivity index (χ1n) is 11.2. The summed E-state index contributed by atoms with van der Waals surface area (Å²) in [6.45, 7) is 7.32. The summed E-state index contributed by atoms with van der Waals surface area (Å²) in [6.07, 6.45) is 5.39. The monoisotopic (exact) mass is 459 g/mol. The number of hydrogen-bond donors (Lipinski definition) is 1. The maximum Gasteiger partial charge on any atom is 0.230 e. The van der Waals surface area contributed by atoms with Gasteiger partial charge in [-0.15, -0.1) is 0 Å². The van der Waals surface area contributed by atoms with Crippen LogP contribution < -0.4 is 4.90 Å². The SMILES string of the molecule is Cc1nc2cc(F)c(-c3cnc(C(C)(C)O)nc3)cn2c1CN1C(=O)C(C)Cc2ccccc21. The molecule has 8 heteroatoms. The fourth-order valence-electron chi connectivity index (χ4n) is 4.48. The number of aryl methyl sites for hydroxylation is 1. The van der Waals surface area contributed by atoms with Gasteiger partial charge < -0.3 is 14.4 Å². The van der Waals surface area contributed by atoms with Crippen LogP contribution in [0.15, 0.2) is 48.9 Å². The number of aromatic nitrogens is 4. The summed E-state index contributed by atoms with van der Waals surface area (Å²) in [5.41, 5.74) is 3.65. The van der Waals surface area contributed by atoms with Crippen LogP contribution in [-0.2, 0) is 23.4 Å². The molecule has 0 bridgehead atoms. The molecule has 1 N–H and O–H groups in total. The molecule has 174 valence electrons. The number of nitrogens with zero attached hydrogens (tertiary/aromatic N) is 5. The number of carbonyl (C=O) groups excluding carboxylic acids is 1. The zero-order chi connectivity index (χ0) is 24.2. The van der Waals surface area contributed by atoms with Crippen molar-refractivity contribution in [2.24, 2.45) is 5.92 Å². The lowest BCUT2D eigenvalue weighted by atomic mass is 9.93. The van der Waals surface area contributed by atoms with Crippen molar-refractivity contribution in [3.8, 4) is 11.1 Å². The van der Waals surface area contributed by atoms with Gasteiger partial charge in [0.25, 0.3) is 0 Å². The van der Waals surface area contributed by atoms with E-state index in [1.807, 2.05) is 36.4 Å². The Bertz CT molecular complexity index is 1410. The summed E-state index contributed by atoms with van der Waals surface area (Å²) in [6, 6.07) is 9.31. The minimum absolute atomic E-state index is 0.0611. The molecule has 1 unspecified atom stereocenters. The largest absolute Gasteiger partial charge is 0.382 e. The quantitative estimate of drug-likeness (QED) is 0.495. The van der Waals surface area contributed by atoms with E-state index < -0.39 is 11.4 Å². The van der Waals surface area contributed by atoms with Crippen LogP contribution in [0.3, 0.4) is 0 Å². The number of imidazole rings is 1. The number of hydrogen-bond acceptors (Lipinski definition) is 5. The first-order chi connectivity index (χ1) is 16.1. The zero-order valence-corrected chi connectivity index (χ0v) is 19.6. The smallest absolute Gasteiger partial charge is 0.230 e. The number of aliphatic hydroxyl groups is 1. The van der Waals surface area contributed by atoms with Crippen molar-refractivity contribution >= 4 is 17.2 Å². The van der Waals surface area contributed by atoms with E-state index in [4.69, 9.17) is 0 Å². The lowest BCUT2D eigenvalue weighted by molar-refractivity contribution is -0.122. The van der Waals surface area contributed by atoms with Crippen molar-refractivity contribution in [3.63, 3.8) is 0 Å². The molecule has 1 aliphatic heterocycles. The average molecular weight is 460 g/mol. The lowest BCUT2D eigenvalue weighted by Crippen LogP contribution is -2.40. The number of amides is 1. The van der Waals surface area contributed by atoms with E-state index in [9.17, 15) is 9.90 Å². The van der Waals surface area contributed by atoms with Crippen LogP contribution in [0, 0.1) is 18.7 Å². The number of rotatable bonds is 4. The Hall–Kier alpha value is -3.65. The second kappa shape index (κ2) is 7.99. The molecular weight excluding hydrogens is 433 g/mol. The van der Waals surface area contributed by atoms with Crippen LogP contribution in [0.2, 0.25) is 0 Å². The summed E-state index contributed by atoms with van der Waals surface area (Å²) in [5.74, 6) is -0.246. The van der Waals surface area contributed by atoms with Crippen LogP contribution in [0.5, 0.6) is 0 Å². The van der Waals surface area contributed by atoms with E-state index in [-0.39, 0.29) is 17.6 Å². The lowest BCUT2D eigenvalue weighted by Gasteiger charge is -2.33. The molecule has 3 aromatic heterocycles. The molecule has 0 fully saturated rings. The van der Waals surface area contributed by atoms with E-state index in [1.165, 1.54) is 18.5 Å². The molecule has 7 nitrogen and oxygen atoms in total. The number of pyridine rings is 1. The number of carbonyl (C=O) groups is 1. The van der Waals surface area contributed by atoms with Gasteiger partial charge in [-0.05, 0) is 38.8 Å². The molecule has 5 rings (SSSR count). The number of halogens is 1. The number of fused-ring (bicyclic) bond motifs is 2. The van der Waals surface area contributed by atoms with Crippen LogP contribution in [0.25, 0.3) is 16.8 Å². The zero-order valence-electron chi connectivity index (χ0n) is 19.6. The summed E-state index contributed by atoms with van der Waals surface area (Å²) in [4.78, 5) is 27.9. The van der Waals surface area contributed by atoms with Crippen LogP contribution >= 0.6 is 0 Å². The van der Waals surface area contributed by atoms with Crippen molar-refractivity contribution in [1.29, 1.82) is 0 Å². The van der Waals surface area contributed by atoms with Gasteiger partial charge in [0.2, 0.25) is 5.91 Å². The molecule has 4 aromatic rings. The van der Waals surface area contributed by atoms with Crippen molar-refractivity contribution in [3.05, 3.63) is 77.5 Å². The first kappa shape index (κ1) is 22.2. The van der Waals surface area contributed by atoms with E-state index >= 15 is 4.39 Å². The van der Waals surface area contributed by atoms with Crippen LogP contribution in [0.4, 0.5) is 10.1 Å². The van der Waals surface area contributed by atoms with Crippen LogP contribution in [0.1, 0.15) is 43.5 Å². The second-order valence-corrected chi connectivity index (χ2v) is 9.42. The molecule has 0 aliphatic carbocycles. The third-order valence-electron chi connectivity index (χ3n) is 6.32. The Morgan fingerprint density at radius 1 is 1.21 bits per heavy atom. The predicted octanol–water partition coefficient (Wildman–Crippen LogP) is 4.19. The van der Waals surface area contributed by atoms with Gasteiger partial charge in [0.15, 0.2) is 5.82 Å². The van der Waals surface area contributed by atoms with Gasteiger partial charge in [-0.1, -0.05) is 25.1 Å². The Labute approximate surface area is 196 Å². The number of benzene rings is 1. The van der Waals surface area contributed by atoms with E-state index in [1.54, 1.807) is 24.9 Å². The molecule has 0 radical (unpaired) electrons. The van der Waals surface area contributed by atoms with Crippen LogP contribution in [-0.4, -0.2) is 30.4 Å². The van der Waals surface area contributed by atoms with Gasteiger partial charge in [0.05, 0.1) is 17.9 Å². The standard InChI is InChI=1S/C26H26FN5O2/c1-15-9-17-7-5-6-8-21(17)32(24(15)33)14-22-16(2)30-23-10-20(27)19(13-31(22)23)18-11-28-25(29-12-18)26(3,4)34/h5-8,10-13,15,34H,9,14H2,1-4H3. The number of para-hydroxylation sites is 1. The maximum absolute atomic E-state index is 15.0. The molecular formula is C26H26FN5O2. The number of anilines is 1. The molecule has 1 aromatic carbocycles. The van der Waals surface area contributed by atoms with Gasteiger partial charge >= 0.3 is 0 Å². The van der Waals surface area contributed by atoms with Crippen molar-refractivity contribution in [1.82, 2.24) is 19.4 Å². The second-order valence-electron chi connectivity index (χ2n) is 9.42. The molecule has 0 spiro atoms.